The summed E-state index contributed by atoms with van der Waals surface area (Å²) >= 11 is 15.7. The molecule has 0 aliphatic carbocycles. The predicted octanol–water partition coefficient (Wildman–Crippen LogP) is 7.05. The molecular formula is C23H18Cl2N4S2. The van der Waals surface area contributed by atoms with Crippen molar-refractivity contribution in [2.45, 2.75) is 21.8 Å². The first-order chi connectivity index (χ1) is 15.2. The zero-order valence-corrected chi connectivity index (χ0v) is 19.5. The smallest absolute Gasteiger partial charge is 0.181 e. The van der Waals surface area contributed by atoms with Crippen molar-refractivity contribution in [3.8, 4) is 0 Å². The summed E-state index contributed by atoms with van der Waals surface area (Å²) in [6.45, 7) is 0. The maximum Gasteiger partial charge on any atom is 0.213 e. The molecule has 4 aromatic rings. The van der Waals surface area contributed by atoms with E-state index in [0.717, 1.165) is 26.7 Å². The van der Waals surface area contributed by atoms with Crippen LogP contribution in [0.1, 0.15) is 16.7 Å². The number of nitrogens with zero attached hydrogens (tertiary/aromatic N) is 4. The molecule has 0 N–H and O–H groups in total. The van der Waals surface area contributed by atoms with E-state index in [0.29, 0.717) is 21.8 Å². The fourth-order valence-electron chi connectivity index (χ4n) is 2.71. The highest BCUT2D eigenvalue weighted by atomic mass is 35.5. The highest BCUT2D eigenvalue weighted by Crippen LogP contribution is 2.30. The van der Waals surface area contributed by atoms with E-state index in [-0.39, 0.29) is 0 Å². The first kappa shape index (κ1) is 22.0. The van der Waals surface area contributed by atoms with Crippen LogP contribution in [0, 0.1) is 0 Å². The molecule has 0 saturated heterocycles. The number of rotatable bonds is 8. The second-order valence-corrected chi connectivity index (χ2v) is 9.19. The first-order valence-corrected chi connectivity index (χ1v) is 12.2. The minimum absolute atomic E-state index is 0.674. The van der Waals surface area contributed by atoms with E-state index >= 15 is 0 Å². The van der Waals surface area contributed by atoms with Crippen molar-refractivity contribution in [3.63, 3.8) is 0 Å². The van der Waals surface area contributed by atoms with Gasteiger partial charge >= 0.3 is 0 Å². The maximum atomic E-state index is 6.31. The monoisotopic (exact) mass is 484 g/mol. The van der Waals surface area contributed by atoms with Crippen LogP contribution in [0.4, 0.5) is 0 Å². The van der Waals surface area contributed by atoms with Gasteiger partial charge in [0.05, 0.1) is 6.21 Å². The number of hydrogen-bond acceptors (Lipinski definition) is 5. The SMILES string of the molecule is Clc1ccccc1CSc1nnc(SCc2ccccc2Cl)n1/N=C\c1ccccc1. The first-order valence-electron chi connectivity index (χ1n) is 9.48. The molecule has 156 valence electrons. The Labute approximate surface area is 199 Å². The Morgan fingerprint density at radius 1 is 0.710 bits per heavy atom. The van der Waals surface area contributed by atoms with Crippen molar-refractivity contribution in [1.29, 1.82) is 0 Å². The van der Waals surface area contributed by atoms with Crippen LogP contribution in [0.5, 0.6) is 0 Å². The van der Waals surface area contributed by atoms with Crippen molar-refractivity contribution in [3.05, 3.63) is 106 Å². The van der Waals surface area contributed by atoms with Crippen molar-refractivity contribution in [1.82, 2.24) is 14.9 Å². The van der Waals surface area contributed by atoms with E-state index in [1.54, 1.807) is 28.2 Å². The Morgan fingerprint density at radius 3 is 1.71 bits per heavy atom. The number of thioether (sulfide) groups is 2. The largest absolute Gasteiger partial charge is 0.213 e. The molecule has 0 amide bonds. The molecule has 0 bridgehead atoms. The van der Waals surface area contributed by atoms with Gasteiger partial charge in [0.25, 0.3) is 0 Å². The van der Waals surface area contributed by atoms with Crippen LogP contribution in [0.15, 0.2) is 94.3 Å². The molecule has 0 saturated carbocycles. The third kappa shape index (κ3) is 5.92. The van der Waals surface area contributed by atoms with Crippen molar-refractivity contribution < 1.29 is 0 Å². The molecule has 8 heteroatoms. The van der Waals surface area contributed by atoms with E-state index in [1.165, 1.54) is 0 Å². The van der Waals surface area contributed by atoms with Gasteiger partial charge in [-0.05, 0) is 28.8 Å². The topological polar surface area (TPSA) is 43.1 Å². The Bertz CT molecular complexity index is 1110. The highest BCUT2D eigenvalue weighted by molar-refractivity contribution is 7.99. The van der Waals surface area contributed by atoms with Gasteiger partial charge in [-0.2, -0.15) is 9.78 Å². The molecule has 0 fully saturated rings. The molecule has 0 spiro atoms. The van der Waals surface area contributed by atoms with Gasteiger partial charge in [-0.15, -0.1) is 10.2 Å². The van der Waals surface area contributed by atoms with Gasteiger partial charge in [0.15, 0.2) is 0 Å². The van der Waals surface area contributed by atoms with Gasteiger partial charge in [-0.3, -0.25) is 0 Å². The van der Waals surface area contributed by atoms with Crippen LogP contribution in [0.2, 0.25) is 10.0 Å². The van der Waals surface area contributed by atoms with E-state index in [4.69, 9.17) is 23.2 Å². The number of halogens is 2. The Balaban J connectivity index is 1.57. The normalized spacial score (nSPS) is 11.3. The average Bonchev–Trinajstić information content (AvgIpc) is 3.19. The summed E-state index contributed by atoms with van der Waals surface area (Å²) in [6, 6.07) is 25.5. The lowest BCUT2D eigenvalue weighted by Gasteiger charge is -2.06. The van der Waals surface area contributed by atoms with E-state index in [1.807, 2.05) is 85.1 Å². The summed E-state index contributed by atoms with van der Waals surface area (Å²) in [5.41, 5.74) is 3.09. The molecule has 0 radical (unpaired) electrons. The van der Waals surface area contributed by atoms with Crippen molar-refractivity contribution >= 4 is 52.9 Å². The molecule has 0 atom stereocenters. The zero-order chi connectivity index (χ0) is 21.5. The van der Waals surface area contributed by atoms with Crippen molar-refractivity contribution in [2.75, 3.05) is 0 Å². The van der Waals surface area contributed by atoms with Crippen LogP contribution in [-0.4, -0.2) is 21.1 Å². The molecule has 0 unspecified atom stereocenters. The second-order valence-electron chi connectivity index (χ2n) is 6.49. The maximum absolute atomic E-state index is 6.31. The highest BCUT2D eigenvalue weighted by Gasteiger charge is 2.14. The minimum atomic E-state index is 0.674. The number of benzene rings is 3. The zero-order valence-electron chi connectivity index (χ0n) is 16.4. The predicted molar refractivity (Wildman–Crippen MR) is 131 cm³/mol. The Hall–Kier alpha value is -2.25. The second kappa shape index (κ2) is 10.9. The van der Waals surface area contributed by atoms with Gasteiger partial charge in [-0.25, -0.2) is 0 Å². The lowest BCUT2D eigenvalue weighted by Crippen LogP contribution is -1.97. The van der Waals surface area contributed by atoms with Crippen LogP contribution in [0.25, 0.3) is 0 Å². The third-order valence-electron chi connectivity index (χ3n) is 4.33. The summed E-state index contributed by atoms with van der Waals surface area (Å²) in [4.78, 5) is 0. The van der Waals surface area contributed by atoms with Crippen molar-refractivity contribution in [2.24, 2.45) is 5.10 Å². The Kier molecular flexibility index (Phi) is 7.70. The summed E-state index contributed by atoms with van der Waals surface area (Å²) < 4.78 is 1.77. The van der Waals surface area contributed by atoms with Gasteiger partial charge in [-0.1, -0.05) is 113 Å². The summed E-state index contributed by atoms with van der Waals surface area (Å²) in [5, 5.41) is 16.3. The number of hydrogen-bond donors (Lipinski definition) is 0. The lowest BCUT2D eigenvalue weighted by atomic mass is 10.2. The molecule has 4 nitrogen and oxygen atoms in total. The van der Waals surface area contributed by atoms with Crippen LogP contribution < -0.4 is 0 Å². The van der Waals surface area contributed by atoms with E-state index < -0.39 is 0 Å². The fraction of sp³-hybridized carbons (Fsp3) is 0.0870. The molecule has 3 aromatic carbocycles. The van der Waals surface area contributed by atoms with E-state index in [2.05, 4.69) is 15.3 Å². The van der Waals surface area contributed by atoms with E-state index in [9.17, 15) is 0 Å². The minimum Gasteiger partial charge on any atom is -0.181 e. The summed E-state index contributed by atoms with van der Waals surface area (Å²) in [5.74, 6) is 1.35. The van der Waals surface area contributed by atoms with Gasteiger partial charge < -0.3 is 0 Å². The molecule has 31 heavy (non-hydrogen) atoms. The van der Waals surface area contributed by atoms with Crippen LogP contribution >= 0.6 is 46.7 Å². The lowest BCUT2D eigenvalue weighted by molar-refractivity contribution is 0.701. The third-order valence-corrected chi connectivity index (χ3v) is 7.01. The van der Waals surface area contributed by atoms with Gasteiger partial charge in [0, 0.05) is 21.6 Å². The molecule has 0 aliphatic rings. The van der Waals surface area contributed by atoms with Gasteiger partial charge in [0.2, 0.25) is 10.3 Å². The summed E-state index contributed by atoms with van der Waals surface area (Å²) in [6.07, 6.45) is 1.81. The average molecular weight is 485 g/mol. The fourth-order valence-corrected chi connectivity index (χ4v) is 5.11. The molecule has 4 rings (SSSR count). The molecule has 0 aliphatic heterocycles. The molecule has 1 heterocycles. The Morgan fingerprint density at radius 2 is 1.19 bits per heavy atom. The van der Waals surface area contributed by atoms with Crippen LogP contribution in [0.3, 0.4) is 0 Å². The standard InChI is InChI=1S/C23H18Cl2N4S2/c24-20-12-6-4-10-18(20)15-30-22-27-28-23(31-16-19-11-5-7-13-21(19)25)29(22)26-14-17-8-2-1-3-9-17/h1-14H,15-16H2/b26-14-. The molecule has 1 aromatic heterocycles. The van der Waals surface area contributed by atoms with Crippen LogP contribution in [-0.2, 0) is 11.5 Å². The quantitative estimate of drug-likeness (QED) is 0.198. The number of aromatic nitrogens is 3. The van der Waals surface area contributed by atoms with Gasteiger partial charge in [0.1, 0.15) is 0 Å². The summed E-state index contributed by atoms with van der Waals surface area (Å²) in [7, 11) is 0. The molecular weight excluding hydrogens is 467 g/mol.